The highest BCUT2D eigenvalue weighted by Crippen LogP contribution is 2.47. The van der Waals surface area contributed by atoms with E-state index < -0.39 is 5.97 Å². The molecule has 0 unspecified atom stereocenters. The molecule has 3 aliphatic carbocycles. The number of aromatic nitrogens is 3. The molecule has 9 heteroatoms. The van der Waals surface area contributed by atoms with E-state index in [9.17, 15) is 9.59 Å². The van der Waals surface area contributed by atoms with Gasteiger partial charge in [0.2, 0.25) is 11.2 Å². The summed E-state index contributed by atoms with van der Waals surface area (Å²) in [5.41, 5.74) is 0.629. The molecule has 2 aromatic heterocycles. The summed E-state index contributed by atoms with van der Waals surface area (Å²) in [7, 11) is 0. The molecule has 0 saturated heterocycles. The number of fused-ring (bicyclic) bond motifs is 4. The Labute approximate surface area is 167 Å². The summed E-state index contributed by atoms with van der Waals surface area (Å²) in [6, 6.07) is 3.33. The van der Waals surface area contributed by atoms with Crippen molar-refractivity contribution >= 4 is 34.9 Å². The van der Waals surface area contributed by atoms with E-state index in [1.54, 1.807) is 12.1 Å². The van der Waals surface area contributed by atoms with Crippen LogP contribution >= 0.6 is 11.6 Å². The average molecular weight is 407 g/mol. The first-order chi connectivity index (χ1) is 13.5. The Balaban J connectivity index is 1.69. The smallest absolute Gasteiger partial charge is 0.311 e. The van der Waals surface area contributed by atoms with Crippen LogP contribution in [0.4, 0.5) is 5.82 Å². The standard InChI is InChI=1S/C19H23ClN4O4/c1-3-27-18(26)15-11-4-6-12(7-5-11)16(15)21-17-13-8-9-14(28-10(2)25)24(13)23-19(20)22-17/h8-9,11-12,15-16H,3-7H2,1-2H3,(H,21,22,23)/t11?,12?,15-,16-/m1/s1. The lowest BCUT2D eigenvalue weighted by Gasteiger charge is -2.47. The second-order valence-corrected chi connectivity index (χ2v) is 7.75. The number of rotatable bonds is 5. The van der Waals surface area contributed by atoms with Crippen LogP contribution in [0.5, 0.6) is 5.88 Å². The number of carbonyl (C=O) groups is 2. The molecule has 3 aliphatic rings. The van der Waals surface area contributed by atoms with Crippen molar-refractivity contribution in [2.45, 2.75) is 45.6 Å². The minimum absolute atomic E-state index is 0.0215. The molecule has 2 bridgehead atoms. The quantitative estimate of drug-likeness (QED) is 0.762. The summed E-state index contributed by atoms with van der Waals surface area (Å²) in [4.78, 5) is 28.3. The van der Waals surface area contributed by atoms with Crippen LogP contribution in [-0.2, 0) is 14.3 Å². The maximum Gasteiger partial charge on any atom is 0.311 e. The molecular weight excluding hydrogens is 384 g/mol. The summed E-state index contributed by atoms with van der Waals surface area (Å²) >= 11 is 6.12. The van der Waals surface area contributed by atoms with E-state index in [-0.39, 0.29) is 29.1 Å². The Morgan fingerprint density at radius 2 is 1.96 bits per heavy atom. The van der Waals surface area contributed by atoms with Gasteiger partial charge in [-0.25, -0.2) is 0 Å². The van der Waals surface area contributed by atoms with Crippen LogP contribution in [-0.4, -0.2) is 39.2 Å². The van der Waals surface area contributed by atoms with Crippen LogP contribution in [0.1, 0.15) is 39.5 Å². The molecule has 3 fully saturated rings. The maximum atomic E-state index is 12.7. The van der Waals surface area contributed by atoms with Crippen molar-refractivity contribution in [1.82, 2.24) is 14.6 Å². The highest BCUT2D eigenvalue weighted by Gasteiger charge is 2.48. The van der Waals surface area contributed by atoms with Gasteiger partial charge in [0.25, 0.3) is 0 Å². The lowest BCUT2D eigenvalue weighted by Crippen LogP contribution is -2.52. The van der Waals surface area contributed by atoms with Crippen molar-refractivity contribution in [3.8, 4) is 5.88 Å². The third kappa shape index (κ3) is 3.41. The average Bonchev–Trinajstić information content (AvgIpc) is 3.05. The second kappa shape index (κ2) is 7.58. The molecule has 3 saturated carbocycles. The summed E-state index contributed by atoms with van der Waals surface area (Å²) in [5.74, 6) is 0.670. The number of ether oxygens (including phenoxy) is 2. The Hall–Kier alpha value is -2.35. The Morgan fingerprint density at radius 3 is 2.64 bits per heavy atom. The molecule has 2 aromatic rings. The van der Waals surface area contributed by atoms with Crippen molar-refractivity contribution in [3.05, 3.63) is 17.4 Å². The maximum absolute atomic E-state index is 12.7. The van der Waals surface area contributed by atoms with Gasteiger partial charge in [0.15, 0.2) is 5.82 Å². The predicted molar refractivity (Wildman–Crippen MR) is 102 cm³/mol. The third-order valence-electron chi connectivity index (χ3n) is 5.78. The molecule has 0 aliphatic heterocycles. The van der Waals surface area contributed by atoms with E-state index >= 15 is 0 Å². The summed E-state index contributed by atoms with van der Waals surface area (Å²) in [6.07, 6.45) is 4.25. The number of esters is 2. The van der Waals surface area contributed by atoms with Crippen LogP contribution in [0, 0.1) is 17.8 Å². The highest BCUT2D eigenvalue weighted by atomic mass is 35.5. The minimum Gasteiger partial charge on any atom is -0.466 e. The largest absolute Gasteiger partial charge is 0.466 e. The van der Waals surface area contributed by atoms with Crippen molar-refractivity contribution in [2.75, 3.05) is 11.9 Å². The zero-order valence-electron chi connectivity index (χ0n) is 15.9. The van der Waals surface area contributed by atoms with Crippen LogP contribution < -0.4 is 10.1 Å². The van der Waals surface area contributed by atoms with E-state index in [1.807, 2.05) is 6.92 Å². The number of hydrogen-bond acceptors (Lipinski definition) is 7. The van der Waals surface area contributed by atoms with Gasteiger partial charge in [-0.3, -0.25) is 9.59 Å². The van der Waals surface area contributed by atoms with Crippen LogP contribution in [0.25, 0.3) is 5.52 Å². The molecular formula is C19H23ClN4O4. The van der Waals surface area contributed by atoms with Gasteiger partial charge < -0.3 is 14.8 Å². The fraction of sp³-hybridized carbons (Fsp3) is 0.579. The van der Waals surface area contributed by atoms with Crippen molar-refractivity contribution in [1.29, 1.82) is 0 Å². The molecule has 150 valence electrons. The lowest BCUT2D eigenvalue weighted by molar-refractivity contribution is -0.154. The molecule has 0 aromatic carbocycles. The predicted octanol–water partition coefficient (Wildman–Crippen LogP) is 3.09. The monoisotopic (exact) mass is 406 g/mol. The molecule has 2 atom stereocenters. The number of halogens is 1. The van der Waals surface area contributed by atoms with E-state index in [2.05, 4.69) is 15.4 Å². The summed E-state index contributed by atoms with van der Waals surface area (Å²) < 4.78 is 12.0. The number of nitrogens with zero attached hydrogens (tertiary/aromatic N) is 3. The van der Waals surface area contributed by atoms with Crippen LogP contribution in [0.3, 0.4) is 0 Å². The van der Waals surface area contributed by atoms with E-state index in [4.69, 9.17) is 21.1 Å². The lowest BCUT2D eigenvalue weighted by atomic mass is 9.61. The molecule has 0 spiro atoms. The van der Waals surface area contributed by atoms with E-state index in [0.717, 1.165) is 25.7 Å². The Bertz CT molecular complexity index is 907. The SMILES string of the molecule is CCOC(=O)[C@@H]1C2CCC(CC2)[C@H]1Nc1nc(Cl)nn2c(OC(C)=O)ccc12. The first-order valence-electron chi connectivity index (χ1n) is 9.64. The Kier molecular flexibility index (Phi) is 5.14. The molecule has 1 N–H and O–H groups in total. The first kappa shape index (κ1) is 19.0. The van der Waals surface area contributed by atoms with Crippen molar-refractivity contribution in [2.24, 2.45) is 17.8 Å². The number of carbonyl (C=O) groups excluding carboxylic acids is 2. The zero-order chi connectivity index (χ0) is 19.8. The summed E-state index contributed by atoms with van der Waals surface area (Å²) in [6.45, 7) is 3.52. The highest BCUT2D eigenvalue weighted by molar-refractivity contribution is 6.28. The second-order valence-electron chi connectivity index (χ2n) is 7.41. The fourth-order valence-electron chi connectivity index (χ4n) is 4.67. The molecule has 5 rings (SSSR count). The van der Waals surface area contributed by atoms with Gasteiger partial charge in [-0.15, -0.1) is 5.10 Å². The van der Waals surface area contributed by atoms with Gasteiger partial charge in [-0.1, -0.05) is 0 Å². The molecule has 28 heavy (non-hydrogen) atoms. The van der Waals surface area contributed by atoms with Crippen molar-refractivity contribution in [3.63, 3.8) is 0 Å². The normalized spacial score (nSPS) is 26.2. The summed E-state index contributed by atoms with van der Waals surface area (Å²) in [5, 5.41) is 7.61. The van der Waals surface area contributed by atoms with E-state index in [1.165, 1.54) is 11.4 Å². The van der Waals surface area contributed by atoms with Gasteiger partial charge >= 0.3 is 11.9 Å². The molecule has 8 nitrogen and oxygen atoms in total. The molecule has 0 amide bonds. The minimum atomic E-state index is -0.448. The molecule has 0 radical (unpaired) electrons. The van der Waals surface area contributed by atoms with Crippen molar-refractivity contribution < 1.29 is 19.1 Å². The Morgan fingerprint density at radius 1 is 1.25 bits per heavy atom. The van der Waals surface area contributed by atoms with Crippen LogP contribution in [0.15, 0.2) is 12.1 Å². The first-order valence-corrected chi connectivity index (χ1v) is 10.0. The topological polar surface area (TPSA) is 94.8 Å². The number of nitrogens with one attached hydrogen (secondary N) is 1. The number of anilines is 1. The molecule has 2 heterocycles. The van der Waals surface area contributed by atoms with Gasteiger partial charge in [0.1, 0.15) is 5.52 Å². The van der Waals surface area contributed by atoms with E-state index in [0.29, 0.717) is 29.8 Å². The van der Waals surface area contributed by atoms with Gasteiger partial charge in [-0.2, -0.15) is 9.50 Å². The number of hydrogen-bond donors (Lipinski definition) is 1. The zero-order valence-corrected chi connectivity index (χ0v) is 16.6. The van der Waals surface area contributed by atoms with Gasteiger partial charge in [-0.05, 0) is 62.1 Å². The third-order valence-corrected chi connectivity index (χ3v) is 5.94. The fourth-order valence-corrected chi connectivity index (χ4v) is 4.83. The van der Waals surface area contributed by atoms with Gasteiger partial charge in [0.05, 0.1) is 12.5 Å². The van der Waals surface area contributed by atoms with Crippen LogP contribution in [0.2, 0.25) is 5.28 Å². The van der Waals surface area contributed by atoms with Gasteiger partial charge in [0, 0.05) is 19.0 Å².